The maximum absolute atomic E-state index is 12.2. The van der Waals surface area contributed by atoms with E-state index in [2.05, 4.69) is 15.6 Å². The number of pyridine rings is 1. The summed E-state index contributed by atoms with van der Waals surface area (Å²) in [4.78, 5) is 16.2. The van der Waals surface area contributed by atoms with Gasteiger partial charge in [-0.2, -0.15) is 0 Å². The first-order valence-electron chi connectivity index (χ1n) is 6.67. The van der Waals surface area contributed by atoms with E-state index in [-0.39, 0.29) is 5.91 Å². The number of anilines is 2. The number of nitrogens with zero attached hydrogens (tertiary/aromatic N) is 1. The van der Waals surface area contributed by atoms with Crippen molar-refractivity contribution in [2.24, 2.45) is 0 Å². The molecule has 2 aromatic rings. The molecule has 1 aromatic carbocycles. The smallest absolute Gasteiger partial charge is 0.255 e. The lowest BCUT2D eigenvalue weighted by atomic mass is 10.1. The van der Waals surface area contributed by atoms with Crippen molar-refractivity contribution in [2.45, 2.75) is 20.8 Å². The molecule has 0 bridgehead atoms. The van der Waals surface area contributed by atoms with Crippen molar-refractivity contribution in [3.05, 3.63) is 53.3 Å². The van der Waals surface area contributed by atoms with Crippen LogP contribution in [0.2, 0.25) is 0 Å². The van der Waals surface area contributed by atoms with E-state index in [0.717, 1.165) is 23.4 Å². The first-order valence-corrected chi connectivity index (χ1v) is 6.67. The highest BCUT2D eigenvalue weighted by Crippen LogP contribution is 2.17. The Balaban J connectivity index is 2.15. The van der Waals surface area contributed by atoms with Crippen molar-refractivity contribution in [1.29, 1.82) is 0 Å². The molecular weight excluding hydrogens is 250 g/mol. The van der Waals surface area contributed by atoms with Gasteiger partial charge in [-0.15, -0.1) is 0 Å². The standard InChI is InChI=1S/C16H19N3O/c1-4-18-15-6-5-13(8-12(15)3)16(20)19-14-7-11(2)9-17-10-14/h5-10,18H,4H2,1-3H3,(H,19,20). The van der Waals surface area contributed by atoms with E-state index in [1.165, 1.54) is 0 Å². The van der Waals surface area contributed by atoms with Crippen LogP contribution in [0.15, 0.2) is 36.7 Å². The second kappa shape index (κ2) is 6.19. The summed E-state index contributed by atoms with van der Waals surface area (Å²) in [5.41, 5.74) is 4.48. The van der Waals surface area contributed by atoms with Gasteiger partial charge in [0.15, 0.2) is 0 Å². The summed E-state index contributed by atoms with van der Waals surface area (Å²) >= 11 is 0. The molecule has 4 nitrogen and oxygen atoms in total. The normalized spacial score (nSPS) is 10.2. The molecule has 0 spiro atoms. The lowest BCUT2D eigenvalue weighted by Gasteiger charge is -2.10. The van der Waals surface area contributed by atoms with E-state index < -0.39 is 0 Å². The van der Waals surface area contributed by atoms with Crippen molar-refractivity contribution in [2.75, 3.05) is 17.2 Å². The summed E-state index contributed by atoms with van der Waals surface area (Å²) in [6.07, 6.45) is 3.40. The Morgan fingerprint density at radius 2 is 2.00 bits per heavy atom. The Labute approximate surface area is 119 Å². The minimum Gasteiger partial charge on any atom is -0.385 e. The van der Waals surface area contributed by atoms with Crippen LogP contribution in [-0.2, 0) is 0 Å². The Morgan fingerprint density at radius 1 is 1.20 bits per heavy atom. The van der Waals surface area contributed by atoms with Gasteiger partial charge in [0.1, 0.15) is 0 Å². The Morgan fingerprint density at radius 3 is 2.65 bits per heavy atom. The summed E-state index contributed by atoms with van der Waals surface area (Å²) in [6.45, 7) is 6.84. The minimum absolute atomic E-state index is 0.122. The molecule has 4 heteroatoms. The predicted molar refractivity (Wildman–Crippen MR) is 82.3 cm³/mol. The van der Waals surface area contributed by atoms with Crippen molar-refractivity contribution in [1.82, 2.24) is 4.98 Å². The zero-order valence-electron chi connectivity index (χ0n) is 12.0. The van der Waals surface area contributed by atoms with Gasteiger partial charge in [-0.05, 0) is 56.2 Å². The lowest BCUT2D eigenvalue weighted by molar-refractivity contribution is 0.102. The van der Waals surface area contributed by atoms with Gasteiger partial charge in [0.2, 0.25) is 0 Å². The highest BCUT2D eigenvalue weighted by molar-refractivity contribution is 6.04. The molecule has 0 aliphatic carbocycles. The number of aromatic nitrogens is 1. The Bertz CT molecular complexity index is 623. The van der Waals surface area contributed by atoms with Crippen LogP contribution in [0.1, 0.15) is 28.4 Å². The molecule has 0 aliphatic heterocycles. The third kappa shape index (κ3) is 3.35. The van der Waals surface area contributed by atoms with Crippen LogP contribution in [0.5, 0.6) is 0 Å². The highest BCUT2D eigenvalue weighted by atomic mass is 16.1. The number of rotatable bonds is 4. The maximum atomic E-state index is 12.2. The van der Waals surface area contributed by atoms with Crippen LogP contribution in [-0.4, -0.2) is 17.4 Å². The summed E-state index contributed by atoms with van der Waals surface area (Å²) in [5.74, 6) is -0.122. The average molecular weight is 269 g/mol. The number of carbonyl (C=O) groups excluding carboxylic acids is 1. The van der Waals surface area contributed by atoms with Crippen molar-refractivity contribution in [3.63, 3.8) is 0 Å². The van der Waals surface area contributed by atoms with E-state index in [4.69, 9.17) is 0 Å². The van der Waals surface area contributed by atoms with Gasteiger partial charge in [0.05, 0.1) is 11.9 Å². The summed E-state index contributed by atoms with van der Waals surface area (Å²) in [7, 11) is 0. The zero-order valence-corrected chi connectivity index (χ0v) is 12.0. The Kier molecular flexibility index (Phi) is 4.35. The Hall–Kier alpha value is -2.36. The molecule has 2 rings (SSSR count). The number of carbonyl (C=O) groups is 1. The second-order valence-corrected chi connectivity index (χ2v) is 4.77. The number of aryl methyl sites for hydroxylation is 2. The fourth-order valence-electron chi connectivity index (χ4n) is 2.02. The summed E-state index contributed by atoms with van der Waals surface area (Å²) < 4.78 is 0. The molecular formula is C16H19N3O. The number of hydrogen-bond donors (Lipinski definition) is 2. The molecule has 0 fully saturated rings. The van der Waals surface area contributed by atoms with E-state index >= 15 is 0 Å². The van der Waals surface area contributed by atoms with Crippen molar-refractivity contribution >= 4 is 17.3 Å². The molecule has 0 aliphatic rings. The average Bonchev–Trinajstić information content (AvgIpc) is 2.41. The fraction of sp³-hybridized carbons (Fsp3) is 0.250. The monoisotopic (exact) mass is 269 g/mol. The second-order valence-electron chi connectivity index (χ2n) is 4.77. The number of hydrogen-bond acceptors (Lipinski definition) is 3. The quantitative estimate of drug-likeness (QED) is 0.894. The van der Waals surface area contributed by atoms with E-state index in [1.807, 2.05) is 45.0 Å². The first-order chi connectivity index (χ1) is 9.60. The van der Waals surface area contributed by atoms with Crippen LogP contribution in [0.4, 0.5) is 11.4 Å². The van der Waals surface area contributed by atoms with Crippen LogP contribution >= 0.6 is 0 Å². The molecule has 0 unspecified atom stereocenters. The van der Waals surface area contributed by atoms with Gasteiger partial charge in [-0.1, -0.05) is 0 Å². The van der Waals surface area contributed by atoms with Gasteiger partial charge < -0.3 is 10.6 Å². The first kappa shape index (κ1) is 14.1. The highest BCUT2D eigenvalue weighted by Gasteiger charge is 2.08. The summed E-state index contributed by atoms with van der Waals surface area (Å²) in [5, 5.41) is 6.11. The van der Waals surface area contributed by atoms with Crippen molar-refractivity contribution < 1.29 is 4.79 Å². The summed E-state index contributed by atoms with van der Waals surface area (Å²) in [6, 6.07) is 7.53. The molecule has 20 heavy (non-hydrogen) atoms. The van der Waals surface area contributed by atoms with Crippen LogP contribution < -0.4 is 10.6 Å². The van der Waals surface area contributed by atoms with E-state index in [0.29, 0.717) is 11.3 Å². The van der Waals surface area contributed by atoms with Gasteiger partial charge in [0, 0.05) is 24.0 Å². The maximum Gasteiger partial charge on any atom is 0.255 e. The molecule has 0 saturated heterocycles. The number of amides is 1. The van der Waals surface area contributed by atoms with Gasteiger partial charge in [-0.3, -0.25) is 9.78 Å². The topological polar surface area (TPSA) is 54.0 Å². The molecule has 104 valence electrons. The third-order valence-corrected chi connectivity index (χ3v) is 2.99. The number of benzene rings is 1. The lowest BCUT2D eigenvalue weighted by Crippen LogP contribution is -2.12. The fourth-order valence-corrected chi connectivity index (χ4v) is 2.02. The number of nitrogens with one attached hydrogen (secondary N) is 2. The molecule has 1 heterocycles. The SMILES string of the molecule is CCNc1ccc(C(=O)Nc2cncc(C)c2)cc1C. The molecule has 1 amide bonds. The van der Waals surface area contributed by atoms with Crippen LogP contribution in [0.3, 0.4) is 0 Å². The van der Waals surface area contributed by atoms with Crippen LogP contribution in [0, 0.1) is 13.8 Å². The molecule has 2 N–H and O–H groups in total. The van der Waals surface area contributed by atoms with E-state index in [9.17, 15) is 4.79 Å². The van der Waals surface area contributed by atoms with Crippen LogP contribution in [0.25, 0.3) is 0 Å². The predicted octanol–water partition coefficient (Wildman–Crippen LogP) is 3.38. The van der Waals surface area contributed by atoms with Gasteiger partial charge >= 0.3 is 0 Å². The third-order valence-electron chi connectivity index (χ3n) is 2.99. The van der Waals surface area contributed by atoms with Gasteiger partial charge in [-0.25, -0.2) is 0 Å². The molecule has 0 atom stereocenters. The molecule has 0 saturated carbocycles. The largest absolute Gasteiger partial charge is 0.385 e. The molecule has 1 aromatic heterocycles. The molecule has 0 radical (unpaired) electrons. The minimum atomic E-state index is -0.122. The zero-order chi connectivity index (χ0) is 14.5. The van der Waals surface area contributed by atoms with Gasteiger partial charge in [0.25, 0.3) is 5.91 Å². The van der Waals surface area contributed by atoms with Crippen molar-refractivity contribution in [3.8, 4) is 0 Å². The van der Waals surface area contributed by atoms with E-state index in [1.54, 1.807) is 12.4 Å².